The third-order valence-electron chi connectivity index (χ3n) is 3.91. The molecule has 90 valence electrons. The van der Waals surface area contributed by atoms with E-state index in [0.29, 0.717) is 5.92 Å². The molecule has 3 heteroatoms. The summed E-state index contributed by atoms with van der Waals surface area (Å²) >= 11 is 0. The van der Waals surface area contributed by atoms with E-state index in [9.17, 15) is 0 Å². The summed E-state index contributed by atoms with van der Waals surface area (Å²) in [6.45, 7) is 5.99. The van der Waals surface area contributed by atoms with Crippen LogP contribution in [0.4, 0.5) is 0 Å². The number of rotatable bonds is 5. The summed E-state index contributed by atoms with van der Waals surface area (Å²) < 4.78 is 11.2. The molecule has 0 spiro atoms. The molecule has 1 aliphatic heterocycles. The van der Waals surface area contributed by atoms with Crippen molar-refractivity contribution >= 4 is 0 Å². The number of ether oxygens (including phenoxy) is 2. The largest absolute Gasteiger partial charge is 0.381 e. The molecule has 2 unspecified atom stereocenters. The highest BCUT2D eigenvalue weighted by molar-refractivity contribution is 4.93. The van der Waals surface area contributed by atoms with Crippen LogP contribution in [0.3, 0.4) is 0 Å². The van der Waals surface area contributed by atoms with Gasteiger partial charge >= 0.3 is 0 Å². The standard InChI is InChI=1S/C12H25NO2/c1-4-12(5-2,14-3)11(13)10-7-6-8-15-9-10/h10-11H,4-9,13H2,1-3H3. The van der Waals surface area contributed by atoms with Gasteiger partial charge in [-0.15, -0.1) is 0 Å². The van der Waals surface area contributed by atoms with Crippen molar-refractivity contribution < 1.29 is 9.47 Å². The van der Waals surface area contributed by atoms with E-state index in [4.69, 9.17) is 15.2 Å². The summed E-state index contributed by atoms with van der Waals surface area (Å²) in [6.07, 6.45) is 4.24. The van der Waals surface area contributed by atoms with Gasteiger partial charge in [0.05, 0.1) is 12.2 Å². The van der Waals surface area contributed by atoms with Gasteiger partial charge in [-0.3, -0.25) is 0 Å². The quantitative estimate of drug-likeness (QED) is 0.762. The van der Waals surface area contributed by atoms with E-state index < -0.39 is 0 Å². The predicted molar refractivity (Wildman–Crippen MR) is 61.8 cm³/mol. The Labute approximate surface area is 93.3 Å². The topological polar surface area (TPSA) is 44.5 Å². The van der Waals surface area contributed by atoms with Gasteiger partial charge in [-0.2, -0.15) is 0 Å². The Balaban J connectivity index is 2.65. The van der Waals surface area contributed by atoms with Gasteiger partial charge < -0.3 is 15.2 Å². The Kier molecular flexibility index (Phi) is 5.03. The summed E-state index contributed by atoms with van der Waals surface area (Å²) in [6, 6.07) is 0.0952. The smallest absolute Gasteiger partial charge is 0.0827 e. The van der Waals surface area contributed by atoms with Gasteiger partial charge in [0, 0.05) is 25.7 Å². The molecule has 3 nitrogen and oxygen atoms in total. The summed E-state index contributed by atoms with van der Waals surface area (Å²) in [5, 5.41) is 0. The Hall–Kier alpha value is -0.120. The van der Waals surface area contributed by atoms with Crippen LogP contribution in [-0.2, 0) is 9.47 Å². The SMILES string of the molecule is CCC(CC)(OC)C(N)C1CCCOC1. The predicted octanol–water partition coefficient (Wildman–Crippen LogP) is 1.95. The van der Waals surface area contributed by atoms with Crippen LogP contribution in [-0.4, -0.2) is 32.0 Å². The maximum Gasteiger partial charge on any atom is 0.0827 e. The third kappa shape index (κ3) is 2.71. The van der Waals surface area contributed by atoms with Gasteiger partial charge in [-0.05, 0) is 25.7 Å². The van der Waals surface area contributed by atoms with Crippen LogP contribution in [0.1, 0.15) is 39.5 Å². The first kappa shape index (κ1) is 12.9. The molecule has 0 amide bonds. The lowest BCUT2D eigenvalue weighted by Crippen LogP contribution is -2.54. The maximum absolute atomic E-state index is 6.35. The van der Waals surface area contributed by atoms with Gasteiger partial charge in [-0.25, -0.2) is 0 Å². The lowest BCUT2D eigenvalue weighted by molar-refractivity contribution is -0.0723. The van der Waals surface area contributed by atoms with E-state index in [2.05, 4.69) is 13.8 Å². The summed E-state index contributed by atoms with van der Waals surface area (Å²) in [4.78, 5) is 0. The van der Waals surface area contributed by atoms with Crippen LogP contribution in [0.5, 0.6) is 0 Å². The average Bonchev–Trinajstić information content (AvgIpc) is 2.33. The number of methoxy groups -OCH3 is 1. The second-order valence-electron chi connectivity index (χ2n) is 4.48. The Morgan fingerprint density at radius 1 is 1.47 bits per heavy atom. The molecule has 2 N–H and O–H groups in total. The fraction of sp³-hybridized carbons (Fsp3) is 1.00. The lowest BCUT2D eigenvalue weighted by atomic mass is 9.79. The first-order valence-electron chi connectivity index (χ1n) is 6.08. The van der Waals surface area contributed by atoms with Crippen molar-refractivity contribution in [3.8, 4) is 0 Å². The molecule has 0 aromatic rings. The van der Waals surface area contributed by atoms with Crippen molar-refractivity contribution in [2.75, 3.05) is 20.3 Å². The van der Waals surface area contributed by atoms with Gasteiger partial charge in [0.25, 0.3) is 0 Å². The molecule has 2 atom stereocenters. The molecular formula is C12H25NO2. The molecule has 1 rings (SSSR count). The van der Waals surface area contributed by atoms with E-state index >= 15 is 0 Å². The zero-order valence-electron chi connectivity index (χ0n) is 10.3. The first-order valence-corrected chi connectivity index (χ1v) is 6.08. The summed E-state index contributed by atoms with van der Waals surface area (Å²) in [7, 11) is 1.77. The molecule has 1 fully saturated rings. The minimum absolute atomic E-state index is 0.0952. The highest BCUT2D eigenvalue weighted by Crippen LogP contribution is 2.30. The maximum atomic E-state index is 6.35. The molecule has 1 heterocycles. The zero-order chi connectivity index (χ0) is 11.3. The van der Waals surface area contributed by atoms with E-state index in [1.54, 1.807) is 7.11 Å². The molecular weight excluding hydrogens is 190 g/mol. The second-order valence-corrected chi connectivity index (χ2v) is 4.48. The van der Waals surface area contributed by atoms with E-state index in [0.717, 1.165) is 32.5 Å². The summed E-state index contributed by atoms with van der Waals surface area (Å²) in [5.74, 6) is 0.457. The van der Waals surface area contributed by atoms with Crippen LogP contribution in [0.25, 0.3) is 0 Å². The Bertz CT molecular complexity index is 166. The average molecular weight is 215 g/mol. The van der Waals surface area contributed by atoms with Gasteiger partial charge in [0.2, 0.25) is 0 Å². The van der Waals surface area contributed by atoms with E-state index in [-0.39, 0.29) is 11.6 Å². The minimum Gasteiger partial charge on any atom is -0.381 e. The van der Waals surface area contributed by atoms with Crippen LogP contribution >= 0.6 is 0 Å². The lowest BCUT2D eigenvalue weighted by Gasteiger charge is -2.41. The van der Waals surface area contributed by atoms with Crippen molar-refractivity contribution in [1.29, 1.82) is 0 Å². The fourth-order valence-electron chi connectivity index (χ4n) is 2.62. The number of hydrogen-bond acceptors (Lipinski definition) is 3. The minimum atomic E-state index is -0.161. The van der Waals surface area contributed by atoms with E-state index in [1.165, 1.54) is 6.42 Å². The van der Waals surface area contributed by atoms with Crippen molar-refractivity contribution in [1.82, 2.24) is 0 Å². The van der Waals surface area contributed by atoms with Gasteiger partial charge in [-0.1, -0.05) is 13.8 Å². The molecule has 1 aliphatic rings. The van der Waals surface area contributed by atoms with Crippen molar-refractivity contribution in [3.63, 3.8) is 0 Å². The molecule has 15 heavy (non-hydrogen) atoms. The fourth-order valence-corrected chi connectivity index (χ4v) is 2.62. The Morgan fingerprint density at radius 2 is 2.13 bits per heavy atom. The molecule has 1 saturated heterocycles. The molecule has 0 aromatic carbocycles. The normalized spacial score (nSPS) is 25.2. The molecule has 0 radical (unpaired) electrons. The van der Waals surface area contributed by atoms with Gasteiger partial charge in [0.15, 0.2) is 0 Å². The van der Waals surface area contributed by atoms with Crippen molar-refractivity contribution in [2.24, 2.45) is 11.7 Å². The molecule has 0 aromatic heterocycles. The molecule has 0 bridgehead atoms. The highest BCUT2D eigenvalue weighted by Gasteiger charge is 2.38. The highest BCUT2D eigenvalue weighted by atomic mass is 16.5. The van der Waals surface area contributed by atoms with Crippen LogP contribution in [0.2, 0.25) is 0 Å². The second kappa shape index (κ2) is 5.83. The van der Waals surface area contributed by atoms with Crippen LogP contribution in [0.15, 0.2) is 0 Å². The van der Waals surface area contributed by atoms with Gasteiger partial charge in [0.1, 0.15) is 0 Å². The number of hydrogen-bond donors (Lipinski definition) is 1. The van der Waals surface area contributed by atoms with Crippen LogP contribution in [0, 0.1) is 5.92 Å². The Morgan fingerprint density at radius 3 is 2.53 bits per heavy atom. The van der Waals surface area contributed by atoms with Crippen LogP contribution < -0.4 is 5.73 Å². The van der Waals surface area contributed by atoms with Crippen molar-refractivity contribution in [3.05, 3.63) is 0 Å². The molecule has 0 saturated carbocycles. The van der Waals surface area contributed by atoms with E-state index in [1.807, 2.05) is 0 Å². The van der Waals surface area contributed by atoms with Crippen molar-refractivity contribution in [2.45, 2.75) is 51.2 Å². The third-order valence-corrected chi connectivity index (χ3v) is 3.91. The zero-order valence-corrected chi connectivity index (χ0v) is 10.3. The summed E-state index contributed by atoms with van der Waals surface area (Å²) in [5.41, 5.74) is 6.19. The number of nitrogens with two attached hydrogens (primary N) is 1. The first-order chi connectivity index (χ1) is 7.20. The molecule has 0 aliphatic carbocycles. The monoisotopic (exact) mass is 215 g/mol.